The van der Waals surface area contributed by atoms with E-state index >= 15 is 0 Å². The molecule has 0 saturated heterocycles. The Kier molecular flexibility index (Phi) is 11.5. The Labute approximate surface area is 106 Å². The van der Waals surface area contributed by atoms with Crippen LogP contribution in [0, 0.1) is 0 Å². The fraction of sp³-hybridized carbons (Fsp3) is 0.929. The average molecular weight is 244 g/mol. The predicted molar refractivity (Wildman–Crippen MR) is 69.9 cm³/mol. The highest BCUT2D eigenvalue weighted by atomic mass is 16.5. The van der Waals surface area contributed by atoms with Gasteiger partial charge in [-0.2, -0.15) is 0 Å². The second kappa shape index (κ2) is 11.9. The van der Waals surface area contributed by atoms with Crippen molar-refractivity contribution < 1.29 is 14.6 Å². The normalized spacial score (nSPS) is 12.4. The largest absolute Gasteiger partial charge is 0.464 e. The number of aliphatic hydroxyl groups is 1. The van der Waals surface area contributed by atoms with E-state index in [9.17, 15) is 9.90 Å². The summed E-state index contributed by atoms with van der Waals surface area (Å²) >= 11 is 0. The minimum absolute atomic E-state index is 0.341. The van der Waals surface area contributed by atoms with Crippen LogP contribution in [-0.2, 0) is 9.53 Å². The molecule has 0 aliphatic heterocycles. The SMILES string of the molecule is CCCCCCCCCCC(O)C(=O)OCC. The van der Waals surface area contributed by atoms with E-state index in [1.807, 2.05) is 0 Å². The molecule has 0 rings (SSSR count). The van der Waals surface area contributed by atoms with Crippen molar-refractivity contribution >= 4 is 5.97 Å². The standard InChI is InChI=1S/C14H28O3/c1-3-5-6-7-8-9-10-11-12-13(15)14(16)17-4-2/h13,15H,3-12H2,1-2H3. The zero-order valence-electron chi connectivity index (χ0n) is 11.4. The molecule has 3 nitrogen and oxygen atoms in total. The van der Waals surface area contributed by atoms with Crippen LogP contribution >= 0.6 is 0 Å². The van der Waals surface area contributed by atoms with Crippen LogP contribution < -0.4 is 0 Å². The zero-order valence-corrected chi connectivity index (χ0v) is 11.4. The molecule has 0 amide bonds. The monoisotopic (exact) mass is 244 g/mol. The Morgan fingerprint density at radius 1 is 1.00 bits per heavy atom. The Morgan fingerprint density at radius 3 is 2.06 bits per heavy atom. The number of carbonyl (C=O) groups excluding carboxylic acids is 1. The zero-order chi connectivity index (χ0) is 12.9. The molecule has 0 aromatic heterocycles. The fourth-order valence-corrected chi connectivity index (χ4v) is 1.83. The second-order valence-electron chi connectivity index (χ2n) is 4.53. The Morgan fingerprint density at radius 2 is 1.53 bits per heavy atom. The highest BCUT2D eigenvalue weighted by Crippen LogP contribution is 2.11. The second-order valence-corrected chi connectivity index (χ2v) is 4.53. The maximum absolute atomic E-state index is 11.1. The first-order valence-electron chi connectivity index (χ1n) is 7.07. The molecule has 0 aromatic rings. The molecule has 0 saturated carbocycles. The van der Waals surface area contributed by atoms with E-state index < -0.39 is 12.1 Å². The fourth-order valence-electron chi connectivity index (χ4n) is 1.83. The lowest BCUT2D eigenvalue weighted by atomic mass is 10.1. The van der Waals surface area contributed by atoms with E-state index in [-0.39, 0.29) is 0 Å². The molecule has 0 heterocycles. The third-order valence-electron chi connectivity index (χ3n) is 2.89. The number of rotatable bonds is 11. The van der Waals surface area contributed by atoms with Crippen LogP contribution in [0.2, 0.25) is 0 Å². The first-order valence-corrected chi connectivity index (χ1v) is 7.07. The molecule has 0 fully saturated rings. The first kappa shape index (κ1) is 16.4. The van der Waals surface area contributed by atoms with Gasteiger partial charge in [-0.1, -0.05) is 58.3 Å². The molecular weight excluding hydrogens is 216 g/mol. The molecular formula is C14H28O3. The smallest absolute Gasteiger partial charge is 0.334 e. The van der Waals surface area contributed by atoms with E-state index in [2.05, 4.69) is 6.92 Å². The lowest BCUT2D eigenvalue weighted by Crippen LogP contribution is -2.22. The maximum atomic E-state index is 11.1. The van der Waals surface area contributed by atoms with Crippen molar-refractivity contribution in [2.24, 2.45) is 0 Å². The summed E-state index contributed by atoms with van der Waals surface area (Å²) in [6.45, 7) is 4.31. The summed E-state index contributed by atoms with van der Waals surface area (Å²) in [5.41, 5.74) is 0. The van der Waals surface area contributed by atoms with Crippen molar-refractivity contribution in [3.8, 4) is 0 Å². The van der Waals surface area contributed by atoms with Crippen LogP contribution in [0.15, 0.2) is 0 Å². The molecule has 0 radical (unpaired) electrons. The number of esters is 1. The highest BCUT2D eigenvalue weighted by molar-refractivity contribution is 5.74. The lowest BCUT2D eigenvalue weighted by Gasteiger charge is -2.09. The van der Waals surface area contributed by atoms with Gasteiger partial charge in [-0.15, -0.1) is 0 Å². The summed E-state index contributed by atoms with van der Waals surface area (Å²) < 4.78 is 4.74. The van der Waals surface area contributed by atoms with Crippen LogP contribution in [0.3, 0.4) is 0 Å². The average Bonchev–Trinajstić information content (AvgIpc) is 2.32. The van der Waals surface area contributed by atoms with Gasteiger partial charge in [0.1, 0.15) is 0 Å². The van der Waals surface area contributed by atoms with Crippen LogP contribution in [0.25, 0.3) is 0 Å². The van der Waals surface area contributed by atoms with E-state index in [4.69, 9.17) is 4.74 Å². The molecule has 0 aliphatic carbocycles. The quantitative estimate of drug-likeness (QED) is 0.447. The van der Waals surface area contributed by atoms with Gasteiger partial charge in [-0.3, -0.25) is 0 Å². The lowest BCUT2D eigenvalue weighted by molar-refractivity contribution is -0.153. The molecule has 1 unspecified atom stereocenters. The molecule has 1 atom stereocenters. The van der Waals surface area contributed by atoms with Crippen molar-refractivity contribution in [3.63, 3.8) is 0 Å². The van der Waals surface area contributed by atoms with Crippen LogP contribution in [-0.4, -0.2) is 23.8 Å². The van der Waals surface area contributed by atoms with Crippen LogP contribution in [0.4, 0.5) is 0 Å². The minimum Gasteiger partial charge on any atom is -0.464 e. The first-order chi connectivity index (χ1) is 8.22. The van der Waals surface area contributed by atoms with Gasteiger partial charge in [0.25, 0.3) is 0 Å². The van der Waals surface area contributed by atoms with Gasteiger partial charge >= 0.3 is 5.97 Å². The summed E-state index contributed by atoms with van der Waals surface area (Å²) in [6, 6.07) is 0. The van der Waals surface area contributed by atoms with Gasteiger partial charge in [-0.25, -0.2) is 4.79 Å². The molecule has 3 heteroatoms. The van der Waals surface area contributed by atoms with E-state index in [1.54, 1.807) is 6.92 Å². The summed E-state index contributed by atoms with van der Waals surface area (Å²) in [6.07, 6.45) is 9.37. The molecule has 17 heavy (non-hydrogen) atoms. The van der Waals surface area contributed by atoms with Crippen molar-refractivity contribution in [3.05, 3.63) is 0 Å². The Bertz CT molecular complexity index is 180. The molecule has 0 aromatic carbocycles. The van der Waals surface area contributed by atoms with Gasteiger partial charge in [0, 0.05) is 0 Å². The summed E-state index contributed by atoms with van der Waals surface area (Å²) in [5.74, 6) is -0.476. The number of hydrogen-bond donors (Lipinski definition) is 1. The van der Waals surface area contributed by atoms with E-state index in [1.165, 1.54) is 38.5 Å². The van der Waals surface area contributed by atoms with Gasteiger partial charge in [0.2, 0.25) is 0 Å². The predicted octanol–water partition coefficient (Wildman–Crippen LogP) is 3.44. The summed E-state index contributed by atoms with van der Waals surface area (Å²) in [7, 11) is 0. The van der Waals surface area contributed by atoms with Crippen molar-refractivity contribution in [2.45, 2.75) is 77.7 Å². The summed E-state index contributed by atoms with van der Waals surface area (Å²) in [4.78, 5) is 11.1. The molecule has 0 aliphatic rings. The number of hydrogen-bond acceptors (Lipinski definition) is 3. The number of ether oxygens (including phenoxy) is 1. The van der Waals surface area contributed by atoms with E-state index in [0.717, 1.165) is 12.8 Å². The maximum Gasteiger partial charge on any atom is 0.334 e. The van der Waals surface area contributed by atoms with Gasteiger partial charge < -0.3 is 9.84 Å². The van der Waals surface area contributed by atoms with Gasteiger partial charge in [0.05, 0.1) is 6.61 Å². The van der Waals surface area contributed by atoms with E-state index in [0.29, 0.717) is 13.0 Å². The molecule has 0 spiro atoms. The molecule has 1 N–H and O–H groups in total. The van der Waals surface area contributed by atoms with Crippen molar-refractivity contribution in [1.29, 1.82) is 0 Å². The summed E-state index contributed by atoms with van der Waals surface area (Å²) in [5, 5.41) is 9.45. The van der Waals surface area contributed by atoms with Gasteiger partial charge in [-0.05, 0) is 13.3 Å². The molecule has 102 valence electrons. The number of carbonyl (C=O) groups is 1. The van der Waals surface area contributed by atoms with Crippen LogP contribution in [0.5, 0.6) is 0 Å². The Hall–Kier alpha value is -0.570. The topological polar surface area (TPSA) is 46.5 Å². The Balaban J connectivity index is 3.24. The van der Waals surface area contributed by atoms with Crippen LogP contribution in [0.1, 0.15) is 71.6 Å². The van der Waals surface area contributed by atoms with Crippen molar-refractivity contribution in [1.82, 2.24) is 0 Å². The third kappa shape index (κ3) is 10.3. The number of aliphatic hydroxyl groups excluding tert-OH is 1. The van der Waals surface area contributed by atoms with Gasteiger partial charge in [0.15, 0.2) is 6.10 Å². The minimum atomic E-state index is -0.921. The third-order valence-corrected chi connectivity index (χ3v) is 2.89. The number of unbranched alkanes of at least 4 members (excludes halogenated alkanes) is 7. The molecule has 0 bridgehead atoms. The van der Waals surface area contributed by atoms with Crippen molar-refractivity contribution in [2.75, 3.05) is 6.61 Å². The highest BCUT2D eigenvalue weighted by Gasteiger charge is 2.14.